The van der Waals surface area contributed by atoms with Crippen LogP contribution in [0.2, 0.25) is 0 Å². The van der Waals surface area contributed by atoms with Gasteiger partial charge in [-0.05, 0) is 62.4 Å². The molecule has 0 N–H and O–H groups in total. The maximum Gasteiger partial charge on any atom is 0.257 e. The Bertz CT molecular complexity index is 892. The summed E-state index contributed by atoms with van der Waals surface area (Å²) in [4.78, 5) is 17.2. The standard InChI is InChI=1S/C23H30N4O2/c1-25-16-23(21-20(22(25)28)15-27(24-21)14-18-3-4-18)9-11-26(12-10-23)13-17-5-7-19(29-2)8-6-17/h5-8,15,18H,3-4,9-14,16H2,1-2H3. The van der Waals surface area contributed by atoms with Crippen molar-refractivity contribution in [3.63, 3.8) is 0 Å². The van der Waals surface area contributed by atoms with E-state index in [-0.39, 0.29) is 11.3 Å². The molecule has 1 amide bonds. The normalized spacial score (nSPS) is 21.4. The Morgan fingerprint density at radius 3 is 2.55 bits per heavy atom. The van der Waals surface area contributed by atoms with Crippen LogP contribution in [-0.4, -0.2) is 59.3 Å². The van der Waals surface area contributed by atoms with Crippen LogP contribution in [0.15, 0.2) is 30.5 Å². The lowest BCUT2D eigenvalue weighted by molar-refractivity contribution is 0.0628. The second-order valence-corrected chi connectivity index (χ2v) is 9.12. The summed E-state index contributed by atoms with van der Waals surface area (Å²) in [5, 5.41) is 4.96. The van der Waals surface area contributed by atoms with Gasteiger partial charge in [-0.2, -0.15) is 5.10 Å². The largest absolute Gasteiger partial charge is 0.497 e. The Balaban J connectivity index is 1.32. The topological polar surface area (TPSA) is 50.6 Å². The van der Waals surface area contributed by atoms with Crippen molar-refractivity contribution in [2.75, 3.05) is 33.8 Å². The molecule has 2 aromatic rings. The smallest absolute Gasteiger partial charge is 0.257 e. The molecule has 6 heteroatoms. The molecule has 1 aliphatic carbocycles. The van der Waals surface area contributed by atoms with Gasteiger partial charge in [0.1, 0.15) is 5.75 Å². The first-order valence-corrected chi connectivity index (χ1v) is 10.7. The summed E-state index contributed by atoms with van der Waals surface area (Å²) in [7, 11) is 3.64. The molecule has 3 heterocycles. The van der Waals surface area contributed by atoms with Gasteiger partial charge in [0.25, 0.3) is 5.91 Å². The van der Waals surface area contributed by atoms with Crippen LogP contribution < -0.4 is 4.74 Å². The van der Waals surface area contributed by atoms with E-state index in [4.69, 9.17) is 9.84 Å². The molecule has 1 saturated carbocycles. The van der Waals surface area contributed by atoms with Gasteiger partial charge in [-0.25, -0.2) is 0 Å². The van der Waals surface area contributed by atoms with Crippen molar-refractivity contribution in [3.8, 4) is 5.75 Å². The highest BCUT2D eigenvalue weighted by atomic mass is 16.5. The number of ether oxygens (including phenoxy) is 1. The lowest BCUT2D eigenvalue weighted by Crippen LogP contribution is -2.53. The number of rotatable bonds is 5. The number of amides is 1. The molecule has 3 aliphatic rings. The van der Waals surface area contributed by atoms with Crippen molar-refractivity contribution in [2.24, 2.45) is 5.92 Å². The minimum Gasteiger partial charge on any atom is -0.497 e. The van der Waals surface area contributed by atoms with Crippen molar-refractivity contribution >= 4 is 5.91 Å². The Hall–Kier alpha value is -2.34. The van der Waals surface area contributed by atoms with Gasteiger partial charge in [-0.3, -0.25) is 14.4 Å². The Morgan fingerprint density at radius 2 is 1.90 bits per heavy atom. The van der Waals surface area contributed by atoms with Crippen LogP contribution in [0.5, 0.6) is 5.75 Å². The molecule has 0 bridgehead atoms. The van der Waals surface area contributed by atoms with Crippen molar-refractivity contribution in [3.05, 3.63) is 47.3 Å². The van der Waals surface area contributed by atoms with Gasteiger partial charge in [-0.15, -0.1) is 0 Å². The van der Waals surface area contributed by atoms with E-state index in [2.05, 4.69) is 17.0 Å². The fraction of sp³-hybridized carbons (Fsp3) is 0.565. The summed E-state index contributed by atoms with van der Waals surface area (Å²) in [5.74, 6) is 1.79. The van der Waals surface area contributed by atoms with Gasteiger partial charge in [-0.1, -0.05) is 12.1 Å². The molecule has 1 saturated heterocycles. The van der Waals surface area contributed by atoms with Crippen LogP contribution in [0.1, 0.15) is 47.3 Å². The molecular formula is C23H30N4O2. The number of likely N-dealkylation sites (tertiary alicyclic amines) is 1. The highest BCUT2D eigenvalue weighted by Crippen LogP contribution is 2.41. The third-order valence-corrected chi connectivity index (χ3v) is 6.90. The number of carbonyl (C=O) groups is 1. The first-order valence-electron chi connectivity index (χ1n) is 10.7. The van der Waals surface area contributed by atoms with Crippen LogP contribution in [0.3, 0.4) is 0 Å². The van der Waals surface area contributed by atoms with E-state index < -0.39 is 0 Å². The minimum absolute atomic E-state index is 0.00318. The molecular weight excluding hydrogens is 364 g/mol. The van der Waals surface area contributed by atoms with Crippen molar-refractivity contribution in [1.29, 1.82) is 0 Å². The van der Waals surface area contributed by atoms with Crippen LogP contribution in [0, 0.1) is 5.92 Å². The highest BCUT2D eigenvalue weighted by molar-refractivity contribution is 5.96. The van der Waals surface area contributed by atoms with E-state index >= 15 is 0 Å². The predicted molar refractivity (Wildman–Crippen MR) is 111 cm³/mol. The Kier molecular flexibility index (Phi) is 4.62. The summed E-state index contributed by atoms with van der Waals surface area (Å²) >= 11 is 0. The third-order valence-electron chi connectivity index (χ3n) is 6.90. The van der Waals surface area contributed by atoms with E-state index in [0.29, 0.717) is 0 Å². The van der Waals surface area contributed by atoms with Gasteiger partial charge < -0.3 is 9.64 Å². The van der Waals surface area contributed by atoms with Crippen molar-refractivity contribution in [1.82, 2.24) is 19.6 Å². The van der Waals surface area contributed by atoms with Gasteiger partial charge in [0, 0.05) is 38.3 Å². The van der Waals surface area contributed by atoms with E-state index in [9.17, 15) is 4.79 Å². The first-order chi connectivity index (χ1) is 14.1. The number of carbonyl (C=O) groups excluding carboxylic acids is 1. The molecule has 0 atom stereocenters. The van der Waals surface area contributed by atoms with Gasteiger partial charge >= 0.3 is 0 Å². The molecule has 29 heavy (non-hydrogen) atoms. The zero-order valence-corrected chi connectivity index (χ0v) is 17.4. The Labute approximate surface area is 172 Å². The maximum absolute atomic E-state index is 12.8. The molecule has 1 spiro atoms. The average molecular weight is 395 g/mol. The van der Waals surface area contributed by atoms with Crippen LogP contribution >= 0.6 is 0 Å². The van der Waals surface area contributed by atoms with Crippen molar-refractivity contribution < 1.29 is 9.53 Å². The first kappa shape index (κ1) is 18.7. The number of fused-ring (bicyclic) bond motifs is 2. The maximum atomic E-state index is 12.8. The molecule has 1 aromatic carbocycles. The fourth-order valence-electron chi connectivity index (χ4n) is 4.96. The number of aromatic nitrogens is 2. The van der Waals surface area contributed by atoms with Crippen LogP contribution in [0.25, 0.3) is 0 Å². The zero-order valence-electron chi connectivity index (χ0n) is 17.4. The van der Waals surface area contributed by atoms with Crippen LogP contribution in [-0.2, 0) is 18.5 Å². The fourth-order valence-corrected chi connectivity index (χ4v) is 4.96. The monoisotopic (exact) mass is 394 g/mol. The number of piperidine rings is 1. The number of benzene rings is 1. The third kappa shape index (κ3) is 3.54. The predicted octanol–water partition coefficient (Wildman–Crippen LogP) is 2.92. The van der Waals surface area contributed by atoms with E-state index in [1.165, 1.54) is 18.4 Å². The molecule has 0 radical (unpaired) electrons. The van der Waals surface area contributed by atoms with Crippen molar-refractivity contribution in [2.45, 2.75) is 44.2 Å². The van der Waals surface area contributed by atoms with E-state index in [1.807, 2.05) is 35.0 Å². The number of methoxy groups -OCH3 is 1. The van der Waals surface area contributed by atoms with Gasteiger partial charge in [0.05, 0.1) is 18.4 Å². The number of hydrogen-bond acceptors (Lipinski definition) is 4. The van der Waals surface area contributed by atoms with Gasteiger partial charge in [0.15, 0.2) is 0 Å². The lowest BCUT2D eigenvalue weighted by Gasteiger charge is -2.45. The summed E-state index contributed by atoms with van der Waals surface area (Å²) in [6.07, 6.45) is 6.70. The minimum atomic E-state index is 0.00318. The summed E-state index contributed by atoms with van der Waals surface area (Å²) in [6, 6.07) is 8.35. The molecule has 5 rings (SSSR count). The average Bonchev–Trinajstić information content (AvgIpc) is 3.44. The zero-order chi connectivity index (χ0) is 20.0. The second kappa shape index (κ2) is 7.17. The molecule has 2 aliphatic heterocycles. The highest BCUT2D eigenvalue weighted by Gasteiger charge is 2.46. The van der Waals surface area contributed by atoms with E-state index in [0.717, 1.165) is 68.5 Å². The number of likely N-dealkylation sites (N-methyl/N-ethyl adjacent to an activating group) is 1. The summed E-state index contributed by atoms with van der Waals surface area (Å²) in [5.41, 5.74) is 3.21. The quantitative estimate of drug-likeness (QED) is 0.782. The molecule has 0 unspecified atom stereocenters. The number of nitrogens with zero attached hydrogens (tertiary/aromatic N) is 4. The van der Waals surface area contributed by atoms with Crippen LogP contribution in [0.4, 0.5) is 0 Å². The molecule has 6 nitrogen and oxygen atoms in total. The second-order valence-electron chi connectivity index (χ2n) is 9.12. The Morgan fingerprint density at radius 1 is 1.17 bits per heavy atom. The lowest BCUT2D eigenvalue weighted by atomic mass is 9.72. The molecule has 1 aromatic heterocycles. The number of hydrogen-bond donors (Lipinski definition) is 0. The summed E-state index contributed by atoms with van der Waals surface area (Å²) < 4.78 is 7.31. The molecule has 154 valence electrons. The SMILES string of the molecule is COc1ccc(CN2CCC3(CC2)CN(C)C(=O)c2cn(CC4CC4)nc23)cc1. The summed E-state index contributed by atoms with van der Waals surface area (Å²) in [6.45, 7) is 4.77. The van der Waals surface area contributed by atoms with E-state index in [1.54, 1.807) is 7.11 Å². The van der Waals surface area contributed by atoms with Gasteiger partial charge in [0.2, 0.25) is 0 Å². The molecule has 2 fully saturated rings.